The van der Waals surface area contributed by atoms with Crippen molar-refractivity contribution >= 4 is 33.0 Å². The molecule has 1 aromatic rings. The van der Waals surface area contributed by atoms with Crippen LogP contribution in [-0.2, 0) is 0 Å². The Morgan fingerprint density at radius 1 is 1.28 bits per heavy atom. The second-order valence-corrected chi connectivity index (χ2v) is 5.55. The van der Waals surface area contributed by atoms with Crippen molar-refractivity contribution in [3.05, 3.63) is 23.8 Å². The first-order chi connectivity index (χ1) is 8.13. The van der Waals surface area contributed by atoms with Crippen molar-refractivity contribution < 1.29 is 14.3 Å². The fraction of sp³-hybridized carbons (Fsp3) is 0.462. The molecule has 95 valence electrons. The van der Waals surface area contributed by atoms with E-state index in [1.807, 2.05) is 6.07 Å². The smallest absolute Gasteiger partial charge is 0.188 e. The Morgan fingerprint density at radius 3 is 2.17 bits per heavy atom. The molecule has 1 rings (SSSR count). The third-order valence-electron chi connectivity index (χ3n) is 2.64. The Kier molecular flexibility index (Phi) is 8.36. The minimum Gasteiger partial charge on any atom is -0.496 e. The number of carbonyl (C=O) groups excluding carboxylic acids is 1. The van der Waals surface area contributed by atoms with Gasteiger partial charge in [-0.2, -0.15) is 0 Å². The van der Waals surface area contributed by atoms with Gasteiger partial charge in [-0.15, -0.1) is 0 Å². The van der Waals surface area contributed by atoms with Gasteiger partial charge >= 0.3 is 0 Å². The number of methoxy groups -OCH3 is 2. The van der Waals surface area contributed by atoms with Crippen LogP contribution in [0.4, 0.5) is 0 Å². The molecule has 1 radical (unpaired) electrons. The largest absolute Gasteiger partial charge is 0.496 e. The van der Waals surface area contributed by atoms with E-state index in [1.54, 1.807) is 26.4 Å². The van der Waals surface area contributed by atoms with E-state index in [2.05, 4.69) is 13.8 Å². The molecule has 0 aromatic heterocycles. The van der Waals surface area contributed by atoms with Gasteiger partial charge in [-0.1, -0.05) is 19.9 Å². The van der Waals surface area contributed by atoms with Gasteiger partial charge in [0.05, 0.1) is 14.2 Å². The molecule has 18 heavy (non-hydrogen) atoms. The fourth-order valence-corrected chi connectivity index (χ4v) is 2.52. The van der Waals surface area contributed by atoms with Crippen LogP contribution in [0.25, 0.3) is 0 Å². The Balaban J connectivity index is 0.00000289. The average Bonchev–Trinajstić information content (AvgIpc) is 2.37. The van der Waals surface area contributed by atoms with E-state index in [9.17, 15) is 4.79 Å². The molecule has 3 nitrogen and oxygen atoms in total. The van der Waals surface area contributed by atoms with Gasteiger partial charge in [-0.25, -0.2) is 0 Å². The summed E-state index contributed by atoms with van der Waals surface area (Å²) in [5.41, 5.74) is 1.07. The molecule has 0 saturated heterocycles. The van der Waals surface area contributed by atoms with E-state index < -0.39 is 0 Å². The zero-order chi connectivity index (χ0) is 12.8. The van der Waals surface area contributed by atoms with Crippen LogP contribution in [0.3, 0.4) is 0 Å². The summed E-state index contributed by atoms with van der Waals surface area (Å²) in [4.78, 5) is 12.2. The van der Waals surface area contributed by atoms with E-state index in [0.29, 0.717) is 22.7 Å². The van der Waals surface area contributed by atoms with Crippen molar-refractivity contribution in [2.45, 2.75) is 25.9 Å². The molecule has 0 fully saturated rings. The molecule has 5 heteroatoms. The van der Waals surface area contributed by atoms with Crippen LogP contribution in [0.15, 0.2) is 18.2 Å². The number of carbonyl (C=O) groups is 1. The summed E-state index contributed by atoms with van der Waals surface area (Å²) in [5, 5.41) is 0. The molecule has 2 atom stereocenters. The van der Waals surface area contributed by atoms with Gasteiger partial charge in [0.1, 0.15) is 17.1 Å². The topological polar surface area (TPSA) is 35.5 Å². The summed E-state index contributed by atoms with van der Waals surface area (Å²) in [6.07, 6.45) is 1.00. The summed E-state index contributed by atoms with van der Waals surface area (Å²) in [6.45, 7) is 4.17. The van der Waals surface area contributed by atoms with Gasteiger partial charge < -0.3 is 9.47 Å². The first-order valence-corrected chi connectivity index (χ1v) is 6.73. The molecule has 0 saturated carbocycles. The zero-order valence-corrected chi connectivity index (χ0v) is 12.7. The first-order valence-electron chi connectivity index (χ1n) is 5.65. The van der Waals surface area contributed by atoms with Gasteiger partial charge in [0, 0.05) is 18.9 Å². The van der Waals surface area contributed by atoms with Gasteiger partial charge in [0.25, 0.3) is 0 Å². The van der Waals surface area contributed by atoms with Crippen LogP contribution in [-0.4, -0.2) is 44.3 Å². The van der Waals surface area contributed by atoms with Crippen molar-refractivity contribution in [1.29, 1.82) is 0 Å². The van der Waals surface area contributed by atoms with E-state index in [4.69, 9.17) is 9.47 Å². The summed E-state index contributed by atoms with van der Waals surface area (Å²) in [7, 11) is 3.39. The standard InChI is InChI=1S/C13H19O3P.Li/c1-5-9(2)17-13(14)12-10(15-3)7-6-8-11(12)16-4;/h6-9,17H,5H2,1-4H3;. The Morgan fingerprint density at radius 2 is 1.78 bits per heavy atom. The summed E-state index contributed by atoms with van der Waals surface area (Å²) in [6, 6.07) is 5.40. The van der Waals surface area contributed by atoms with Gasteiger partial charge in [-0.3, -0.25) is 4.79 Å². The molecule has 0 heterocycles. The minimum atomic E-state index is 0. The Hall–Kier alpha value is -0.483. The summed E-state index contributed by atoms with van der Waals surface area (Å²) < 4.78 is 10.5. The minimum absolute atomic E-state index is 0. The maximum atomic E-state index is 12.2. The molecule has 0 spiro atoms. The fourth-order valence-electron chi connectivity index (χ4n) is 1.47. The van der Waals surface area contributed by atoms with E-state index >= 15 is 0 Å². The van der Waals surface area contributed by atoms with Crippen LogP contribution in [0.1, 0.15) is 30.6 Å². The summed E-state index contributed by atoms with van der Waals surface area (Å²) in [5.74, 6) is 1.18. The molecule has 0 N–H and O–H groups in total. The number of hydrogen-bond donors (Lipinski definition) is 0. The number of rotatable bonds is 6. The van der Waals surface area contributed by atoms with E-state index in [-0.39, 0.29) is 33.0 Å². The van der Waals surface area contributed by atoms with Gasteiger partial charge in [0.2, 0.25) is 0 Å². The number of ether oxygens (including phenoxy) is 2. The Bertz CT molecular complexity index is 374. The molecule has 1 aromatic carbocycles. The zero-order valence-electron chi connectivity index (χ0n) is 11.7. The predicted octanol–water partition coefficient (Wildman–Crippen LogP) is 2.94. The van der Waals surface area contributed by atoms with Crippen LogP contribution in [0.5, 0.6) is 11.5 Å². The SMILES string of the molecule is CCC(C)PC(=O)c1c(OC)cccc1OC.[Li]. The van der Waals surface area contributed by atoms with Crippen molar-refractivity contribution in [1.82, 2.24) is 0 Å². The number of benzene rings is 1. The second-order valence-electron chi connectivity index (χ2n) is 3.82. The van der Waals surface area contributed by atoms with Crippen molar-refractivity contribution in [2.24, 2.45) is 0 Å². The van der Waals surface area contributed by atoms with Gasteiger partial charge in [0.15, 0.2) is 5.52 Å². The maximum Gasteiger partial charge on any atom is 0.188 e. The van der Waals surface area contributed by atoms with Crippen LogP contribution in [0, 0.1) is 0 Å². The monoisotopic (exact) mass is 261 g/mol. The molecule has 2 unspecified atom stereocenters. The normalized spacial score (nSPS) is 12.0. The van der Waals surface area contributed by atoms with Crippen LogP contribution < -0.4 is 9.47 Å². The molecule has 0 bridgehead atoms. The number of hydrogen-bond acceptors (Lipinski definition) is 3. The van der Waals surface area contributed by atoms with E-state index in [0.717, 1.165) is 6.42 Å². The molecular weight excluding hydrogens is 242 g/mol. The van der Waals surface area contributed by atoms with E-state index in [1.165, 1.54) is 0 Å². The molecule has 0 aliphatic rings. The van der Waals surface area contributed by atoms with Gasteiger partial charge in [-0.05, 0) is 32.8 Å². The van der Waals surface area contributed by atoms with Crippen molar-refractivity contribution in [3.63, 3.8) is 0 Å². The van der Waals surface area contributed by atoms with Crippen molar-refractivity contribution in [2.75, 3.05) is 14.2 Å². The van der Waals surface area contributed by atoms with Crippen LogP contribution >= 0.6 is 8.58 Å². The third-order valence-corrected chi connectivity index (χ3v) is 4.06. The average molecular weight is 261 g/mol. The van der Waals surface area contributed by atoms with Crippen molar-refractivity contribution in [3.8, 4) is 11.5 Å². The summed E-state index contributed by atoms with van der Waals surface area (Å²) >= 11 is 0. The predicted molar refractivity (Wildman–Crippen MR) is 77.7 cm³/mol. The van der Waals surface area contributed by atoms with Crippen LogP contribution in [0.2, 0.25) is 0 Å². The first kappa shape index (κ1) is 17.5. The molecule has 0 aliphatic heterocycles. The second kappa shape index (κ2) is 8.59. The quantitative estimate of drug-likeness (QED) is 0.583. The Labute approximate surface area is 123 Å². The molecular formula is C13H19LiO3P. The third kappa shape index (κ3) is 4.32. The maximum absolute atomic E-state index is 12.2. The molecule has 0 amide bonds. The molecule has 0 aliphatic carbocycles.